The Hall–Kier alpha value is -0.380. The van der Waals surface area contributed by atoms with Gasteiger partial charge in [-0.3, -0.25) is 0 Å². The minimum absolute atomic E-state index is 0.442. The Balaban J connectivity index is 2.61. The van der Waals surface area contributed by atoms with E-state index in [4.69, 9.17) is 0 Å². The molecular formula is C17H29BrN2. The van der Waals surface area contributed by atoms with Crippen LogP contribution in [-0.4, -0.2) is 31.6 Å². The summed E-state index contributed by atoms with van der Waals surface area (Å²) in [4.78, 5) is 2.33. The van der Waals surface area contributed by atoms with Gasteiger partial charge in [0.1, 0.15) is 0 Å². The summed E-state index contributed by atoms with van der Waals surface area (Å²) in [6.07, 6.45) is 2.35. The third kappa shape index (κ3) is 5.94. The summed E-state index contributed by atoms with van der Waals surface area (Å²) in [5, 5.41) is 3.73. The highest BCUT2D eigenvalue weighted by Gasteiger charge is 2.16. The number of nitrogens with one attached hydrogen (secondary N) is 1. The van der Waals surface area contributed by atoms with Gasteiger partial charge in [-0.25, -0.2) is 0 Å². The Morgan fingerprint density at radius 3 is 2.20 bits per heavy atom. The molecule has 0 radical (unpaired) electrons. The highest BCUT2D eigenvalue weighted by Crippen LogP contribution is 2.20. The molecule has 2 unspecified atom stereocenters. The molecule has 0 saturated carbocycles. The summed E-state index contributed by atoms with van der Waals surface area (Å²) in [5.74, 6) is 0.733. The second-order valence-corrected chi connectivity index (χ2v) is 7.08. The minimum atomic E-state index is 0.442. The zero-order valence-corrected chi connectivity index (χ0v) is 15.1. The lowest BCUT2D eigenvalue weighted by Gasteiger charge is -2.28. The van der Waals surface area contributed by atoms with Crippen molar-refractivity contribution in [3.05, 3.63) is 34.3 Å². The van der Waals surface area contributed by atoms with Crippen molar-refractivity contribution < 1.29 is 0 Å². The van der Waals surface area contributed by atoms with E-state index < -0.39 is 0 Å². The van der Waals surface area contributed by atoms with Crippen molar-refractivity contribution in [2.24, 2.45) is 5.92 Å². The minimum Gasteiger partial charge on any atom is -0.308 e. The van der Waals surface area contributed by atoms with Gasteiger partial charge in [0.15, 0.2) is 0 Å². The Labute approximate surface area is 133 Å². The van der Waals surface area contributed by atoms with Gasteiger partial charge in [0.2, 0.25) is 0 Å². The number of rotatable bonds is 8. The molecule has 2 nitrogen and oxygen atoms in total. The first-order chi connectivity index (χ1) is 9.43. The molecule has 2 atom stereocenters. The number of halogens is 1. The van der Waals surface area contributed by atoms with Gasteiger partial charge in [0.25, 0.3) is 0 Å². The second-order valence-electron chi connectivity index (χ2n) is 6.17. The first-order valence-electron chi connectivity index (χ1n) is 7.59. The summed E-state index contributed by atoms with van der Waals surface area (Å²) in [7, 11) is 4.35. The van der Waals surface area contributed by atoms with E-state index in [-0.39, 0.29) is 0 Å². The summed E-state index contributed by atoms with van der Waals surface area (Å²) < 4.78 is 1.14. The van der Waals surface area contributed by atoms with Crippen LogP contribution in [0.15, 0.2) is 28.7 Å². The van der Waals surface area contributed by atoms with E-state index in [1.165, 1.54) is 12.0 Å². The third-order valence-electron chi connectivity index (χ3n) is 3.75. The zero-order chi connectivity index (χ0) is 15.1. The Morgan fingerprint density at radius 2 is 1.75 bits per heavy atom. The molecule has 3 heteroatoms. The molecule has 0 aliphatic heterocycles. The number of benzene rings is 1. The van der Waals surface area contributed by atoms with Crippen molar-refractivity contribution in [1.29, 1.82) is 0 Å². The van der Waals surface area contributed by atoms with E-state index in [9.17, 15) is 0 Å². The fourth-order valence-electron chi connectivity index (χ4n) is 2.49. The van der Waals surface area contributed by atoms with E-state index in [1.54, 1.807) is 0 Å². The molecule has 0 amide bonds. The summed E-state index contributed by atoms with van der Waals surface area (Å²) in [6, 6.07) is 9.70. The number of nitrogens with zero attached hydrogens (tertiary/aromatic N) is 1. The molecule has 0 saturated heterocycles. The fourth-order valence-corrected chi connectivity index (χ4v) is 2.76. The van der Waals surface area contributed by atoms with E-state index >= 15 is 0 Å². The van der Waals surface area contributed by atoms with Crippen LogP contribution in [0.5, 0.6) is 0 Å². The normalized spacial score (nSPS) is 14.8. The Bertz CT molecular complexity index is 373. The van der Waals surface area contributed by atoms with Gasteiger partial charge in [-0.05, 0) is 50.6 Å². The van der Waals surface area contributed by atoms with Crippen LogP contribution in [0, 0.1) is 5.92 Å². The topological polar surface area (TPSA) is 15.3 Å². The lowest BCUT2D eigenvalue weighted by molar-refractivity contribution is 0.239. The van der Waals surface area contributed by atoms with Gasteiger partial charge < -0.3 is 10.2 Å². The van der Waals surface area contributed by atoms with Crippen LogP contribution >= 0.6 is 15.9 Å². The maximum absolute atomic E-state index is 3.73. The molecule has 0 bridgehead atoms. The van der Waals surface area contributed by atoms with E-state index in [0.717, 1.165) is 23.4 Å². The average Bonchev–Trinajstić information content (AvgIpc) is 2.39. The van der Waals surface area contributed by atoms with Crippen molar-refractivity contribution in [2.75, 3.05) is 20.6 Å². The molecule has 1 aromatic rings. The molecule has 0 aromatic heterocycles. The molecule has 20 heavy (non-hydrogen) atoms. The van der Waals surface area contributed by atoms with Crippen molar-refractivity contribution in [3.8, 4) is 0 Å². The van der Waals surface area contributed by atoms with Gasteiger partial charge in [0.05, 0.1) is 0 Å². The monoisotopic (exact) mass is 340 g/mol. The van der Waals surface area contributed by atoms with Crippen LogP contribution in [-0.2, 0) is 0 Å². The third-order valence-corrected chi connectivity index (χ3v) is 4.28. The number of likely N-dealkylation sites (N-methyl/N-ethyl adjacent to an activating group) is 1. The van der Waals surface area contributed by atoms with Gasteiger partial charge >= 0.3 is 0 Å². The molecule has 1 N–H and O–H groups in total. The maximum Gasteiger partial charge on any atom is 0.0318 e. The van der Waals surface area contributed by atoms with Crippen LogP contribution < -0.4 is 5.32 Å². The van der Waals surface area contributed by atoms with Crippen LogP contribution in [0.3, 0.4) is 0 Å². The number of hydrogen-bond acceptors (Lipinski definition) is 2. The fraction of sp³-hybridized carbons (Fsp3) is 0.647. The summed E-state index contributed by atoms with van der Waals surface area (Å²) in [5.41, 5.74) is 1.37. The van der Waals surface area contributed by atoms with Crippen molar-refractivity contribution in [1.82, 2.24) is 10.2 Å². The van der Waals surface area contributed by atoms with E-state index in [1.807, 2.05) is 0 Å². The molecule has 0 aliphatic rings. The predicted molar refractivity (Wildman–Crippen MR) is 92.1 cm³/mol. The zero-order valence-electron chi connectivity index (χ0n) is 13.5. The molecule has 1 rings (SSSR count). The van der Waals surface area contributed by atoms with Crippen LogP contribution in [0.1, 0.15) is 45.2 Å². The second kappa shape index (κ2) is 8.81. The highest BCUT2D eigenvalue weighted by molar-refractivity contribution is 9.10. The molecule has 0 heterocycles. The molecule has 0 fully saturated rings. The lowest BCUT2D eigenvalue weighted by atomic mass is 10.0. The largest absolute Gasteiger partial charge is 0.308 e. The Kier molecular flexibility index (Phi) is 7.78. The smallest absolute Gasteiger partial charge is 0.0318 e. The first kappa shape index (κ1) is 17.7. The highest BCUT2D eigenvalue weighted by atomic mass is 79.9. The van der Waals surface area contributed by atoms with Crippen molar-refractivity contribution >= 4 is 15.9 Å². The quantitative estimate of drug-likeness (QED) is 0.751. The van der Waals surface area contributed by atoms with E-state index in [2.05, 4.69) is 85.3 Å². The summed E-state index contributed by atoms with van der Waals surface area (Å²) >= 11 is 3.50. The first-order valence-corrected chi connectivity index (χ1v) is 8.38. The standard InChI is InChI=1S/C17H29BrN2/c1-6-17(14-7-9-15(18)10-8-14)19-12-16(20(4)5)11-13(2)3/h7-10,13,16-17,19H,6,11-12H2,1-5H3. The SMILES string of the molecule is CCC(NCC(CC(C)C)N(C)C)c1ccc(Br)cc1. The van der Waals surface area contributed by atoms with Crippen LogP contribution in [0.25, 0.3) is 0 Å². The molecule has 0 spiro atoms. The predicted octanol–water partition coefficient (Wildman–Crippen LogP) is 4.47. The summed E-state index contributed by atoms with van der Waals surface area (Å²) in [6.45, 7) is 7.87. The van der Waals surface area contributed by atoms with Gasteiger partial charge in [-0.15, -0.1) is 0 Å². The molecular weight excluding hydrogens is 312 g/mol. The molecule has 114 valence electrons. The van der Waals surface area contributed by atoms with Crippen LogP contribution in [0.2, 0.25) is 0 Å². The lowest BCUT2D eigenvalue weighted by Crippen LogP contribution is -2.40. The van der Waals surface area contributed by atoms with Gasteiger partial charge in [-0.2, -0.15) is 0 Å². The maximum atomic E-state index is 3.73. The van der Waals surface area contributed by atoms with Gasteiger partial charge in [0, 0.05) is 23.1 Å². The van der Waals surface area contributed by atoms with E-state index in [0.29, 0.717) is 12.1 Å². The van der Waals surface area contributed by atoms with Crippen molar-refractivity contribution in [3.63, 3.8) is 0 Å². The number of hydrogen-bond donors (Lipinski definition) is 1. The molecule has 0 aliphatic carbocycles. The van der Waals surface area contributed by atoms with Gasteiger partial charge in [-0.1, -0.05) is 48.8 Å². The van der Waals surface area contributed by atoms with Crippen LogP contribution in [0.4, 0.5) is 0 Å². The molecule has 1 aromatic carbocycles. The van der Waals surface area contributed by atoms with Crippen molar-refractivity contribution in [2.45, 2.75) is 45.7 Å². The Morgan fingerprint density at radius 1 is 1.15 bits per heavy atom. The average molecular weight is 341 g/mol.